The number of aromatic nitrogens is 2. The Bertz CT molecular complexity index is 818. The highest BCUT2D eigenvalue weighted by atomic mass is 35.5. The van der Waals surface area contributed by atoms with E-state index < -0.39 is 0 Å². The molecule has 26 heavy (non-hydrogen) atoms. The molecule has 1 fully saturated rings. The van der Waals surface area contributed by atoms with Crippen LogP contribution in [0.3, 0.4) is 0 Å². The molecule has 0 amide bonds. The number of hydrogen-bond donors (Lipinski definition) is 2. The quantitative estimate of drug-likeness (QED) is 0.768. The maximum absolute atomic E-state index is 7.92. The third-order valence-electron chi connectivity index (χ3n) is 5.39. The SMILES string of the molecule is CNc1sc2c(c1C(=N)Cl)CCc1nn(CCN3CCN(C)CC3)cc1-2. The fourth-order valence-electron chi connectivity index (χ4n) is 3.84. The van der Waals surface area contributed by atoms with Crippen LogP contribution in [0.15, 0.2) is 6.20 Å². The molecule has 0 aromatic carbocycles. The summed E-state index contributed by atoms with van der Waals surface area (Å²) < 4.78 is 2.10. The van der Waals surface area contributed by atoms with Crippen molar-refractivity contribution in [1.82, 2.24) is 19.6 Å². The van der Waals surface area contributed by atoms with Crippen molar-refractivity contribution < 1.29 is 0 Å². The van der Waals surface area contributed by atoms with Crippen LogP contribution in [0.25, 0.3) is 10.4 Å². The van der Waals surface area contributed by atoms with Gasteiger partial charge >= 0.3 is 0 Å². The molecule has 8 heteroatoms. The van der Waals surface area contributed by atoms with Gasteiger partial charge in [-0.15, -0.1) is 11.3 Å². The van der Waals surface area contributed by atoms with Gasteiger partial charge in [0.15, 0.2) is 0 Å². The van der Waals surface area contributed by atoms with Crippen LogP contribution >= 0.6 is 22.9 Å². The number of likely N-dealkylation sites (N-methyl/N-ethyl adjacent to an activating group) is 1. The molecule has 1 saturated heterocycles. The van der Waals surface area contributed by atoms with Gasteiger partial charge in [0, 0.05) is 62.0 Å². The molecule has 1 aliphatic carbocycles. The van der Waals surface area contributed by atoms with E-state index in [1.165, 1.54) is 21.7 Å². The van der Waals surface area contributed by atoms with E-state index >= 15 is 0 Å². The average molecular weight is 393 g/mol. The number of nitrogens with one attached hydrogen (secondary N) is 2. The predicted octanol–water partition coefficient (Wildman–Crippen LogP) is 2.56. The standard InChI is InChI=1S/C18H25ClN6S/c1-21-18-15(17(19)20)12-3-4-14-13(16(12)26-18)11-25(22-14)10-9-24-7-5-23(2)6-8-24/h11,20-21H,3-10H2,1-2H3. The number of fused-ring (bicyclic) bond motifs is 3. The van der Waals surface area contributed by atoms with E-state index in [2.05, 4.69) is 33.0 Å². The number of halogens is 1. The van der Waals surface area contributed by atoms with Crippen LogP contribution in [-0.2, 0) is 19.4 Å². The second-order valence-electron chi connectivity index (χ2n) is 7.08. The minimum absolute atomic E-state index is 0.123. The first-order chi connectivity index (χ1) is 12.6. The molecule has 6 nitrogen and oxygen atoms in total. The van der Waals surface area contributed by atoms with Gasteiger partial charge in [-0.05, 0) is 25.5 Å². The molecule has 1 aliphatic heterocycles. The minimum Gasteiger partial charge on any atom is -0.379 e. The highest BCUT2D eigenvalue weighted by Crippen LogP contribution is 2.45. The Morgan fingerprint density at radius 3 is 2.73 bits per heavy atom. The highest BCUT2D eigenvalue weighted by molar-refractivity contribution is 7.20. The first-order valence-corrected chi connectivity index (χ1v) is 10.3. The molecule has 0 spiro atoms. The summed E-state index contributed by atoms with van der Waals surface area (Å²) >= 11 is 7.75. The van der Waals surface area contributed by atoms with Crippen LogP contribution < -0.4 is 5.32 Å². The number of rotatable bonds is 5. The van der Waals surface area contributed by atoms with Gasteiger partial charge in [-0.3, -0.25) is 15.0 Å². The number of hydrogen-bond acceptors (Lipinski definition) is 6. The molecule has 4 rings (SSSR count). The summed E-state index contributed by atoms with van der Waals surface area (Å²) in [6, 6.07) is 0. The van der Waals surface area contributed by atoms with E-state index in [1.54, 1.807) is 11.3 Å². The Morgan fingerprint density at radius 1 is 1.27 bits per heavy atom. The number of anilines is 1. The fraction of sp³-hybridized carbons (Fsp3) is 0.556. The van der Waals surface area contributed by atoms with Crippen LogP contribution in [0, 0.1) is 5.41 Å². The zero-order valence-electron chi connectivity index (χ0n) is 15.3. The van der Waals surface area contributed by atoms with Crippen molar-refractivity contribution in [3.63, 3.8) is 0 Å². The molecule has 0 radical (unpaired) electrons. The van der Waals surface area contributed by atoms with Gasteiger partial charge in [0.25, 0.3) is 0 Å². The first-order valence-electron chi connectivity index (χ1n) is 9.12. The summed E-state index contributed by atoms with van der Waals surface area (Å²) in [5.41, 5.74) is 4.46. The maximum Gasteiger partial charge on any atom is 0.131 e. The highest BCUT2D eigenvalue weighted by Gasteiger charge is 2.28. The van der Waals surface area contributed by atoms with Crippen LogP contribution in [-0.4, -0.2) is 71.6 Å². The van der Waals surface area contributed by atoms with Gasteiger partial charge in [0.2, 0.25) is 0 Å². The predicted molar refractivity (Wildman–Crippen MR) is 109 cm³/mol. The zero-order valence-corrected chi connectivity index (χ0v) is 16.9. The van der Waals surface area contributed by atoms with Crippen molar-refractivity contribution >= 4 is 33.1 Å². The second kappa shape index (κ2) is 7.31. The van der Waals surface area contributed by atoms with Gasteiger partial charge in [-0.2, -0.15) is 5.10 Å². The zero-order chi connectivity index (χ0) is 18.3. The third-order valence-corrected chi connectivity index (χ3v) is 6.86. The van der Waals surface area contributed by atoms with Crippen molar-refractivity contribution in [1.29, 1.82) is 5.41 Å². The summed E-state index contributed by atoms with van der Waals surface area (Å²) in [6.07, 6.45) is 4.00. The Labute approximate surface area is 163 Å². The monoisotopic (exact) mass is 392 g/mol. The maximum atomic E-state index is 7.92. The van der Waals surface area contributed by atoms with E-state index in [0.717, 1.165) is 62.7 Å². The lowest BCUT2D eigenvalue weighted by molar-refractivity contribution is 0.148. The van der Waals surface area contributed by atoms with Crippen LogP contribution in [0.2, 0.25) is 0 Å². The van der Waals surface area contributed by atoms with E-state index in [4.69, 9.17) is 22.1 Å². The molecule has 3 heterocycles. The van der Waals surface area contributed by atoms with Crippen LogP contribution in [0.4, 0.5) is 5.00 Å². The molecule has 0 atom stereocenters. The average Bonchev–Trinajstić information content (AvgIpc) is 3.21. The van der Waals surface area contributed by atoms with Gasteiger partial charge in [0.05, 0.1) is 17.2 Å². The summed E-state index contributed by atoms with van der Waals surface area (Å²) in [5, 5.41) is 17.1. The fourth-order valence-corrected chi connectivity index (χ4v) is 5.34. The third kappa shape index (κ3) is 3.29. The van der Waals surface area contributed by atoms with Gasteiger partial charge in [-0.25, -0.2) is 0 Å². The summed E-state index contributed by atoms with van der Waals surface area (Å²) in [6.45, 7) is 6.54. The van der Waals surface area contributed by atoms with E-state index in [9.17, 15) is 0 Å². The van der Waals surface area contributed by atoms with Crippen LogP contribution in [0.5, 0.6) is 0 Å². The molecule has 0 bridgehead atoms. The van der Waals surface area contributed by atoms with Gasteiger partial charge in [-0.1, -0.05) is 11.6 Å². The molecule has 0 saturated carbocycles. The van der Waals surface area contributed by atoms with Crippen molar-refractivity contribution in [2.45, 2.75) is 19.4 Å². The number of nitrogens with zero attached hydrogens (tertiary/aromatic N) is 4. The lowest BCUT2D eigenvalue weighted by Crippen LogP contribution is -2.45. The van der Waals surface area contributed by atoms with Crippen molar-refractivity contribution in [2.24, 2.45) is 0 Å². The molecule has 0 unspecified atom stereocenters. The molecule has 2 aromatic rings. The van der Waals surface area contributed by atoms with Crippen molar-refractivity contribution in [3.05, 3.63) is 23.0 Å². The molecule has 2 N–H and O–H groups in total. The lowest BCUT2D eigenvalue weighted by Gasteiger charge is -2.32. The van der Waals surface area contributed by atoms with Crippen LogP contribution in [0.1, 0.15) is 16.8 Å². The normalized spacial score (nSPS) is 17.8. The first kappa shape index (κ1) is 18.0. The summed E-state index contributed by atoms with van der Waals surface area (Å²) in [4.78, 5) is 6.12. The molecule has 2 aromatic heterocycles. The molecular formula is C18H25ClN6S. The number of thiophene rings is 1. The lowest BCUT2D eigenvalue weighted by atomic mass is 9.94. The molecule has 2 aliphatic rings. The van der Waals surface area contributed by atoms with E-state index in [1.807, 2.05) is 7.05 Å². The van der Waals surface area contributed by atoms with E-state index in [-0.39, 0.29) is 5.17 Å². The Kier molecular flexibility index (Phi) is 5.05. The Balaban J connectivity index is 1.54. The minimum atomic E-state index is 0.123. The molecule has 140 valence electrons. The Morgan fingerprint density at radius 2 is 2.04 bits per heavy atom. The Hall–Kier alpha value is -1.41. The van der Waals surface area contributed by atoms with E-state index in [0.29, 0.717) is 0 Å². The smallest absolute Gasteiger partial charge is 0.131 e. The second-order valence-corrected chi connectivity index (χ2v) is 8.47. The number of piperazine rings is 1. The van der Waals surface area contributed by atoms with Gasteiger partial charge in [0.1, 0.15) is 5.17 Å². The largest absolute Gasteiger partial charge is 0.379 e. The van der Waals surface area contributed by atoms with Gasteiger partial charge < -0.3 is 10.2 Å². The number of aryl methyl sites for hydroxylation is 1. The molecular weight excluding hydrogens is 368 g/mol. The van der Waals surface area contributed by atoms with Crippen molar-refractivity contribution in [3.8, 4) is 10.4 Å². The van der Waals surface area contributed by atoms with Crippen molar-refractivity contribution in [2.75, 3.05) is 52.1 Å². The summed E-state index contributed by atoms with van der Waals surface area (Å²) in [5.74, 6) is 0. The topological polar surface area (TPSA) is 60.2 Å². The summed E-state index contributed by atoms with van der Waals surface area (Å²) in [7, 11) is 4.08.